The number of nitrogens with zero attached hydrogens (tertiary/aromatic N) is 8. The number of nitrogens with one attached hydrogen (secondary N) is 2. The summed E-state index contributed by atoms with van der Waals surface area (Å²) in [6, 6.07) is 9.99. The zero-order valence-corrected chi connectivity index (χ0v) is 36.8. The number of rotatable bonds is 18. The van der Waals surface area contributed by atoms with Crippen LogP contribution in [0.3, 0.4) is 0 Å². The highest BCUT2D eigenvalue weighted by Crippen LogP contribution is 2.36. The van der Waals surface area contributed by atoms with Crippen molar-refractivity contribution in [3.63, 3.8) is 0 Å². The summed E-state index contributed by atoms with van der Waals surface area (Å²) < 4.78 is 19.0. The Morgan fingerprint density at radius 1 is 0.875 bits per heavy atom. The molecule has 8 rings (SSSR count). The summed E-state index contributed by atoms with van der Waals surface area (Å²) in [6.45, 7) is 4.02. The summed E-state index contributed by atoms with van der Waals surface area (Å²) in [4.78, 5) is 97.3. The van der Waals surface area contributed by atoms with Crippen molar-refractivity contribution in [1.29, 1.82) is 0 Å². The van der Waals surface area contributed by atoms with E-state index >= 15 is 0 Å². The van der Waals surface area contributed by atoms with Crippen LogP contribution in [0, 0.1) is 0 Å². The number of aromatic nitrogens is 4. The Kier molecular flexibility index (Phi) is 14.1. The number of thioether (sulfide) groups is 1. The quantitative estimate of drug-likeness (QED) is 0.0834. The molecule has 4 aromatic rings. The molecule has 0 spiro atoms. The minimum Gasteiger partial charge on any atom is -0.378 e. The van der Waals surface area contributed by atoms with Crippen molar-refractivity contribution in [2.24, 2.45) is 0 Å². The lowest BCUT2D eigenvalue weighted by atomic mass is 10.0. The Bertz CT molecular complexity index is 2400. The summed E-state index contributed by atoms with van der Waals surface area (Å²) in [5.41, 5.74) is 2.82. The van der Waals surface area contributed by atoms with Gasteiger partial charge >= 0.3 is 0 Å². The second kappa shape index (κ2) is 20.3. The van der Waals surface area contributed by atoms with E-state index in [9.17, 15) is 28.8 Å². The van der Waals surface area contributed by atoms with Gasteiger partial charge in [-0.3, -0.25) is 39.0 Å². The number of pyridine rings is 1. The van der Waals surface area contributed by atoms with Crippen LogP contribution in [-0.4, -0.2) is 161 Å². The summed E-state index contributed by atoms with van der Waals surface area (Å²) in [5, 5.41) is 6.26. The van der Waals surface area contributed by atoms with E-state index in [1.807, 2.05) is 18.2 Å². The van der Waals surface area contributed by atoms with E-state index in [1.165, 1.54) is 11.8 Å². The first-order valence-corrected chi connectivity index (χ1v) is 22.6. The number of anilines is 3. The van der Waals surface area contributed by atoms with Crippen LogP contribution in [0.2, 0.25) is 0 Å². The van der Waals surface area contributed by atoms with Crippen molar-refractivity contribution < 1.29 is 43.0 Å². The van der Waals surface area contributed by atoms with Gasteiger partial charge in [0.25, 0.3) is 17.7 Å². The molecule has 1 aromatic carbocycles. The molecule has 1 atom stereocenters. The van der Waals surface area contributed by atoms with E-state index in [-0.39, 0.29) is 55.0 Å². The molecule has 0 radical (unpaired) electrons. The lowest BCUT2D eigenvalue weighted by molar-refractivity contribution is -0.137. The Morgan fingerprint density at radius 2 is 1.62 bits per heavy atom. The molecule has 3 aromatic heterocycles. The molecule has 1 aliphatic carbocycles. The van der Waals surface area contributed by atoms with Gasteiger partial charge in [0.05, 0.1) is 56.0 Å². The third kappa shape index (κ3) is 9.89. The standard InChI is InChI=1S/C44H52N10O9S/c1-50(2)42(59)33-24-28-25-46-44(49-39(28)53(33)29-6-3-4-7-29)47-35-12-10-30(26-45-35)51-14-16-52(17-15-51)37(56)27-63-21-20-61-18-19-62-22-23-64-34-9-5-8-31-38(34)43(60)54(41(31)58)32-11-13-36(55)48-40(32)57/h5,8-10,12,24-26,29,32H,3-4,6-7,11,13-23,27H2,1-2H3,(H,48,55,57)(H,45,46,47,49). The molecule has 3 aliphatic heterocycles. The molecule has 4 aliphatic rings. The van der Waals surface area contributed by atoms with Gasteiger partial charge in [-0.15, -0.1) is 11.8 Å². The van der Waals surface area contributed by atoms with Gasteiger partial charge in [-0.1, -0.05) is 18.9 Å². The smallest absolute Gasteiger partial charge is 0.270 e. The molecule has 2 saturated heterocycles. The molecular weight excluding hydrogens is 845 g/mol. The molecule has 64 heavy (non-hydrogen) atoms. The number of imide groups is 2. The second-order valence-electron chi connectivity index (χ2n) is 16.2. The van der Waals surface area contributed by atoms with Gasteiger partial charge in [-0.25, -0.2) is 9.97 Å². The molecule has 1 unspecified atom stereocenters. The molecule has 6 heterocycles. The van der Waals surface area contributed by atoms with Crippen LogP contribution in [0.5, 0.6) is 0 Å². The summed E-state index contributed by atoms with van der Waals surface area (Å²) in [6.07, 6.45) is 7.99. The Hall–Kier alpha value is -5.96. The average Bonchev–Trinajstić information content (AvgIpc) is 4.02. The van der Waals surface area contributed by atoms with Crippen molar-refractivity contribution in [3.05, 3.63) is 65.6 Å². The van der Waals surface area contributed by atoms with Crippen molar-refractivity contribution in [2.75, 3.05) is 95.9 Å². The minimum atomic E-state index is -1.01. The van der Waals surface area contributed by atoms with E-state index in [0.717, 1.165) is 47.3 Å². The Morgan fingerprint density at radius 3 is 2.34 bits per heavy atom. The normalized spacial score (nSPS) is 18.0. The molecular formula is C44H52N10O9S. The van der Waals surface area contributed by atoms with Crippen molar-refractivity contribution in [2.45, 2.75) is 55.5 Å². The van der Waals surface area contributed by atoms with Gasteiger partial charge in [-0.2, -0.15) is 4.98 Å². The van der Waals surface area contributed by atoms with Crippen LogP contribution in [-0.2, 0) is 28.6 Å². The largest absolute Gasteiger partial charge is 0.378 e. The van der Waals surface area contributed by atoms with Gasteiger partial charge in [0.1, 0.15) is 29.8 Å². The molecule has 6 amide bonds. The fourth-order valence-corrected chi connectivity index (χ4v) is 9.41. The Balaban J connectivity index is 0.696. The Labute approximate surface area is 374 Å². The SMILES string of the molecule is CN(C)C(=O)c1cc2cnc(Nc3ccc(N4CCN(C(=O)COCCOCCOCCSc5cccc6c5C(=O)N(C5CCC(=O)NC5=O)C6=O)CC4)cn3)nc2n1C1CCCC1. The van der Waals surface area contributed by atoms with E-state index in [2.05, 4.69) is 30.1 Å². The monoisotopic (exact) mass is 896 g/mol. The maximum absolute atomic E-state index is 13.3. The number of piperidine rings is 1. The highest BCUT2D eigenvalue weighted by molar-refractivity contribution is 7.99. The van der Waals surface area contributed by atoms with E-state index in [4.69, 9.17) is 19.2 Å². The lowest BCUT2D eigenvalue weighted by Gasteiger charge is -2.36. The molecule has 1 saturated carbocycles. The average molecular weight is 897 g/mol. The maximum Gasteiger partial charge on any atom is 0.270 e. The number of fused-ring (bicyclic) bond motifs is 2. The number of piperazine rings is 1. The number of hydrogen-bond acceptors (Lipinski definition) is 15. The maximum atomic E-state index is 13.3. The second-order valence-corrected chi connectivity index (χ2v) is 17.3. The number of benzene rings is 1. The lowest BCUT2D eigenvalue weighted by Crippen LogP contribution is -2.54. The highest BCUT2D eigenvalue weighted by atomic mass is 32.2. The topological polar surface area (TPSA) is 211 Å². The number of ether oxygens (including phenoxy) is 3. The van der Waals surface area contributed by atoms with Gasteiger partial charge in [0.2, 0.25) is 23.7 Å². The zero-order chi connectivity index (χ0) is 44.7. The molecule has 2 N–H and O–H groups in total. The first kappa shape index (κ1) is 44.6. The van der Waals surface area contributed by atoms with E-state index in [0.29, 0.717) is 80.7 Å². The molecule has 19 nitrogen and oxygen atoms in total. The molecule has 3 fully saturated rings. The van der Waals surface area contributed by atoms with Crippen molar-refractivity contribution in [3.8, 4) is 0 Å². The minimum absolute atomic E-state index is 0.0336. The first-order valence-electron chi connectivity index (χ1n) is 21.6. The van der Waals surface area contributed by atoms with Crippen molar-refractivity contribution in [1.82, 2.24) is 39.5 Å². The van der Waals surface area contributed by atoms with Gasteiger partial charge in [0.15, 0.2) is 0 Å². The number of hydrogen-bond donors (Lipinski definition) is 2. The summed E-state index contributed by atoms with van der Waals surface area (Å²) in [7, 11) is 3.52. The van der Waals surface area contributed by atoms with Crippen LogP contribution in [0.4, 0.5) is 17.5 Å². The fourth-order valence-electron chi connectivity index (χ4n) is 8.48. The predicted molar refractivity (Wildman–Crippen MR) is 236 cm³/mol. The number of amides is 6. The highest BCUT2D eigenvalue weighted by Gasteiger charge is 2.45. The zero-order valence-electron chi connectivity index (χ0n) is 36.0. The van der Waals surface area contributed by atoms with Crippen LogP contribution >= 0.6 is 11.8 Å². The van der Waals surface area contributed by atoms with E-state index in [1.54, 1.807) is 54.5 Å². The van der Waals surface area contributed by atoms with Crippen LogP contribution in [0.15, 0.2) is 53.7 Å². The van der Waals surface area contributed by atoms with Crippen molar-refractivity contribution >= 4 is 75.7 Å². The number of carbonyl (C=O) groups excluding carboxylic acids is 6. The van der Waals surface area contributed by atoms with Gasteiger partial charge < -0.3 is 38.8 Å². The van der Waals surface area contributed by atoms with E-state index < -0.39 is 29.7 Å². The fraction of sp³-hybridized carbons (Fsp3) is 0.477. The third-order valence-corrected chi connectivity index (χ3v) is 12.8. The first-order chi connectivity index (χ1) is 31.1. The summed E-state index contributed by atoms with van der Waals surface area (Å²) >= 11 is 1.38. The van der Waals surface area contributed by atoms with Crippen LogP contribution in [0.1, 0.15) is 75.8 Å². The summed E-state index contributed by atoms with van der Waals surface area (Å²) in [5.74, 6) is -0.739. The number of carbonyl (C=O) groups is 6. The van der Waals surface area contributed by atoms with Crippen LogP contribution in [0.25, 0.3) is 11.0 Å². The van der Waals surface area contributed by atoms with Gasteiger partial charge in [-0.05, 0) is 49.6 Å². The van der Waals surface area contributed by atoms with Crippen LogP contribution < -0.4 is 15.5 Å². The van der Waals surface area contributed by atoms with Gasteiger partial charge in [0, 0.05) is 75.0 Å². The third-order valence-electron chi connectivity index (χ3n) is 11.8. The molecule has 20 heteroatoms. The molecule has 338 valence electrons. The molecule has 0 bridgehead atoms. The predicted octanol–water partition coefficient (Wildman–Crippen LogP) is 3.28.